The minimum Gasteiger partial charge on any atom is -0.394 e. The molecule has 9 heteroatoms. The lowest BCUT2D eigenvalue weighted by molar-refractivity contribution is -0.122. The van der Waals surface area contributed by atoms with Crippen molar-refractivity contribution in [1.29, 1.82) is 0 Å². The lowest BCUT2D eigenvalue weighted by Crippen LogP contribution is -2.33. The zero-order valence-electron chi connectivity index (χ0n) is 18.8. The standard InChI is InChI=1S/C26H23N3O6/c1-28-10-15(13-6-2-4-8-17(13)28)20-21(25(34)27-24(20)33)16-11-29(18-9-5-3-7-14(16)18)26-23(32)22(31)19(12-30)35-26/h2-11,19,22-23,26,30-32H,12H2,1H3,(H,27,33,34)/t19-,22-,23-,26-/m1/s1. The van der Waals surface area contributed by atoms with Crippen LogP contribution in [-0.2, 0) is 21.4 Å². The van der Waals surface area contributed by atoms with Gasteiger partial charge in [0.25, 0.3) is 11.8 Å². The third-order valence-corrected chi connectivity index (χ3v) is 6.90. The van der Waals surface area contributed by atoms with Gasteiger partial charge in [-0.15, -0.1) is 0 Å². The summed E-state index contributed by atoms with van der Waals surface area (Å²) in [6, 6.07) is 14.9. The number of hydrogen-bond donors (Lipinski definition) is 4. The average Bonchev–Trinajstić information content (AvgIpc) is 3.56. The quantitative estimate of drug-likeness (QED) is 0.331. The number of nitrogens with zero attached hydrogens (tertiary/aromatic N) is 2. The van der Waals surface area contributed by atoms with Crippen LogP contribution in [0.3, 0.4) is 0 Å². The molecule has 4 aromatic rings. The first-order valence-electron chi connectivity index (χ1n) is 11.3. The number of imide groups is 1. The molecule has 2 amide bonds. The van der Waals surface area contributed by atoms with E-state index in [0.717, 1.165) is 10.9 Å². The summed E-state index contributed by atoms with van der Waals surface area (Å²) in [6.45, 7) is -0.450. The number of aryl methyl sites for hydroxylation is 1. The van der Waals surface area contributed by atoms with Crippen LogP contribution in [0.4, 0.5) is 0 Å². The van der Waals surface area contributed by atoms with Crippen LogP contribution in [-0.4, -0.2) is 61.2 Å². The molecule has 0 bridgehead atoms. The van der Waals surface area contributed by atoms with Crippen LogP contribution in [0.15, 0.2) is 60.9 Å². The van der Waals surface area contributed by atoms with Crippen molar-refractivity contribution >= 4 is 44.8 Å². The summed E-state index contributed by atoms with van der Waals surface area (Å²) in [5.74, 6) is -0.993. The normalized spacial score (nSPS) is 24.8. The van der Waals surface area contributed by atoms with Gasteiger partial charge >= 0.3 is 0 Å². The van der Waals surface area contributed by atoms with Crippen LogP contribution in [0.25, 0.3) is 33.0 Å². The fourth-order valence-electron chi connectivity index (χ4n) is 5.23. The molecule has 178 valence electrons. The van der Waals surface area contributed by atoms with E-state index in [9.17, 15) is 24.9 Å². The van der Waals surface area contributed by atoms with E-state index in [2.05, 4.69) is 5.32 Å². The molecule has 2 aromatic carbocycles. The molecule has 2 aliphatic heterocycles. The van der Waals surface area contributed by atoms with E-state index in [1.807, 2.05) is 60.3 Å². The number of carbonyl (C=O) groups is 2. The molecule has 4 N–H and O–H groups in total. The summed E-state index contributed by atoms with van der Waals surface area (Å²) in [6.07, 6.45) is -0.991. The van der Waals surface area contributed by atoms with Gasteiger partial charge in [-0.2, -0.15) is 0 Å². The van der Waals surface area contributed by atoms with E-state index in [4.69, 9.17) is 4.74 Å². The first-order valence-corrected chi connectivity index (χ1v) is 11.3. The highest BCUT2D eigenvalue weighted by atomic mass is 16.6. The molecule has 0 aliphatic carbocycles. The van der Waals surface area contributed by atoms with Crippen LogP contribution >= 0.6 is 0 Å². The maximum Gasteiger partial charge on any atom is 0.259 e. The monoisotopic (exact) mass is 473 g/mol. The third kappa shape index (κ3) is 3.10. The molecule has 0 unspecified atom stereocenters. The van der Waals surface area contributed by atoms with Crippen LogP contribution in [0, 0.1) is 0 Å². The predicted molar refractivity (Wildman–Crippen MR) is 128 cm³/mol. The molecule has 2 aromatic heterocycles. The second kappa shape index (κ2) is 7.89. The highest BCUT2D eigenvalue weighted by Crippen LogP contribution is 2.41. The minimum atomic E-state index is -1.29. The van der Waals surface area contributed by atoms with Gasteiger partial charge in [0, 0.05) is 46.9 Å². The molecule has 4 atom stereocenters. The van der Waals surface area contributed by atoms with Crippen LogP contribution in [0.5, 0.6) is 0 Å². The van der Waals surface area contributed by atoms with E-state index >= 15 is 0 Å². The fraction of sp³-hybridized carbons (Fsp3) is 0.231. The van der Waals surface area contributed by atoms with Gasteiger partial charge < -0.3 is 29.2 Å². The van der Waals surface area contributed by atoms with E-state index in [0.29, 0.717) is 22.0 Å². The maximum atomic E-state index is 13.1. The Morgan fingerprint density at radius 3 is 2.06 bits per heavy atom. The molecular weight excluding hydrogens is 450 g/mol. The molecule has 1 fully saturated rings. The Kier molecular flexibility index (Phi) is 4.90. The summed E-state index contributed by atoms with van der Waals surface area (Å²) >= 11 is 0. The molecule has 9 nitrogen and oxygen atoms in total. The zero-order chi connectivity index (χ0) is 24.4. The Hall–Kier alpha value is -3.76. The number of aliphatic hydroxyl groups excluding tert-OH is 3. The van der Waals surface area contributed by atoms with Crippen molar-refractivity contribution in [2.75, 3.05) is 6.61 Å². The van der Waals surface area contributed by atoms with Gasteiger partial charge in [-0.05, 0) is 12.1 Å². The number of amides is 2. The number of fused-ring (bicyclic) bond motifs is 2. The number of aliphatic hydroxyl groups is 3. The fourth-order valence-corrected chi connectivity index (χ4v) is 5.23. The summed E-state index contributed by atoms with van der Waals surface area (Å²) in [5, 5.41) is 34.4. The number of aromatic nitrogens is 2. The smallest absolute Gasteiger partial charge is 0.259 e. The lowest BCUT2D eigenvalue weighted by Gasteiger charge is -2.17. The van der Waals surface area contributed by atoms with Gasteiger partial charge in [-0.25, -0.2) is 0 Å². The lowest BCUT2D eigenvalue weighted by atomic mass is 9.95. The highest BCUT2D eigenvalue weighted by molar-refractivity contribution is 6.50. The molecule has 6 rings (SSSR count). The van der Waals surface area contributed by atoms with Crippen LogP contribution in [0.2, 0.25) is 0 Å². The van der Waals surface area contributed by atoms with Crippen molar-refractivity contribution in [2.45, 2.75) is 24.5 Å². The summed E-state index contributed by atoms with van der Waals surface area (Å²) in [4.78, 5) is 26.2. The second-order valence-corrected chi connectivity index (χ2v) is 8.90. The van der Waals surface area contributed by atoms with Crippen molar-refractivity contribution < 1.29 is 29.6 Å². The van der Waals surface area contributed by atoms with Crippen molar-refractivity contribution in [3.63, 3.8) is 0 Å². The van der Waals surface area contributed by atoms with Gasteiger partial charge in [0.1, 0.15) is 18.3 Å². The Morgan fingerprint density at radius 1 is 0.857 bits per heavy atom. The zero-order valence-corrected chi connectivity index (χ0v) is 18.8. The molecule has 0 spiro atoms. The molecule has 35 heavy (non-hydrogen) atoms. The number of hydrogen-bond acceptors (Lipinski definition) is 6. The SMILES string of the molecule is Cn1cc(C2=C(c3cn([C@@H]4O[C@H](CO)[C@@H](O)[C@H]4O)c4ccccc34)C(=O)NC2=O)c2ccccc21. The number of ether oxygens (including phenoxy) is 1. The van der Waals surface area contributed by atoms with Crippen molar-refractivity contribution in [2.24, 2.45) is 7.05 Å². The Bertz CT molecular complexity index is 1550. The third-order valence-electron chi connectivity index (χ3n) is 6.90. The molecule has 1 saturated heterocycles. The molecule has 4 heterocycles. The second-order valence-electron chi connectivity index (χ2n) is 8.90. The summed E-state index contributed by atoms with van der Waals surface area (Å²) in [5.41, 5.74) is 3.23. The van der Waals surface area contributed by atoms with E-state index in [1.165, 1.54) is 0 Å². The Balaban J connectivity index is 1.60. The number of carbonyl (C=O) groups excluding carboxylic acids is 2. The Labute approximate surface area is 199 Å². The number of benzene rings is 2. The largest absolute Gasteiger partial charge is 0.394 e. The van der Waals surface area contributed by atoms with Crippen molar-refractivity contribution in [3.8, 4) is 0 Å². The first-order chi connectivity index (χ1) is 16.9. The van der Waals surface area contributed by atoms with Gasteiger partial charge in [0.15, 0.2) is 6.23 Å². The van der Waals surface area contributed by atoms with E-state index in [-0.39, 0.29) is 11.1 Å². The van der Waals surface area contributed by atoms with Gasteiger partial charge in [-0.1, -0.05) is 36.4 Å². The summed E-state index contributed by atoms with van der Waals surface area (Å²) in [7, 11) is 1.88. The molecule has 0 saturated carbocycles. The molecular formula is C26H23N3O6. The van der Waals surface area contributed by atoms with Gasteiger partial charge in [-0.3, -0.25) is 14.9 Å². The van der Waals surface area contributed by atoms with E-state index in [1.54, 1.807) is 16.8 Å². The maximum absolute atomic E-state index is 13.1. The summed E-state index contributed by atoms with van der Waals surface area (Å²) < 4.78 is 9.30. The van der Waals surface area contributed by atoms with Crippen molar-refractivity contribution in [3.05, 3.63) is 72.1 Å². The van der Waals surface area contributed by atoms with E-state index < -0.39 is 43.0 Å². The first kappa shape index (κ1) is 21.8. The predicted octanol–water partition coefficient (Wildman–Crippen LogP) is 1.31. The number of rotatable bonds is 4. The molecule has 2 aliphatic rings. The average molecular weight is 473 g/mol. The minimum absolute atomic E-state index is 0.230. The van der Waals surface area contributed by atoms with Gasteiger partial charge in [0.05, 0.1) is 23.3 Å². The topological polar surface area (TPSA) is 126 Å². The number of nitrogens with one attached hydrogen (secondary N) is 1. The number of para-hydroxylation sites is 2. The molecule has 0 radical (unpaired) electrons. The Morgan fingerprint density at radius 2 is 1.43 bits per heavy atom. The van der Waals surface area contributed by atoms with Crippen LogP contribution in [0.1, 0.15) is 17.4 Å². The van der Waals surface area contributed by atoms with Gasteiger partial charge in [0.2, 0.25) is 0 Å². The van der Waals surface area contributed by atoms with Crippen LogP contribution < -0.4 is 5.32 Å². The highest BCUT2D eigenvalue weighted by Gasteiger charge is 2.44. The van der Waals surface area contributed by atoms with Crippen molar-refractivity contribution in [1.82, 2.24) is 14.5 Å².